The van der Waals surface area contributed by atoms with Crippen molar-refractivity contribution in [3.8, 4) is 11.6 Å². The number of carbonyl (C=O) groups excluding carboxylic acids is 1. The van der Waals surface area contributed by atoms with E-state index in [1.807, 2.05) is 31.2 Å². The summed E-state index contributed by atoms with van der Waals surface area (Å²) in [7, 11) is 1.15. The van der Waals surface area contributed by atoms with Gasteiger partial charge in [-0.25, -0.2) is 9.19 Å². The van der Waals surface area contributed by atoms with E-state index in [1.165, 1.54) is 11.1 Å². The number of amides is 1. The average Bonchev–Trinajstić information content (AvgIpc) is 3.26. The number of aromatic nitrogens is 1. The van der Waals surface area contributed by atoms with E-state index in [9.17, 15) is 9.00 Å². The largest absolute Gasteiger partial charge is 0.490 e. The van der Waals surface area contributed by atoms with E-state index < -0.39 is 11.0 Å². The molecule has 1 aromatic heterocycles. The number of methoxy groups -OCH3 is 1. The highest BCUT2D eigenvalue weighted by atomic mass is 35.5. The minimum atomic E-state index is -1.54. The normalized spacial score (nSPS) is 30.2. The molecule has 3 aromatic rings. The molecule has 1 amide bonds. The number of pyridine rings is 1. The van der Waals surface area contributed by atoms with Gasteiger partial charge in [-0.2, -0.15) is 0 Å². The van der Waals surface area contributed by atoms with Crippen LogP contribution in [-0.4, -0.2) is 59.4 Å². The van der Waals surface area contributed by atoms with Crippen molar-refractivity contribution in [1.82, 2.24) is 9.71 Å². The average molecular weight is 706 g/mol. The standard InChI is InChI=1S/C38H44ClN3O4S.CH4O/c1-24-7-4-9-31(32-10-6-18-40-37(32)45-3)30-14-11-28(30)21-42-22-38(17-5-8-26-19-29(39)13-15-33(26)38)23-46-35-16-12-27(20-34(35)42)36(43)41-47(44)25(24)2;1-2/h4,6,9-10,12-13,15-16,18-20,24-25,28,30-31H,5,7-8,11,14,17,21-23H2,1-3H3,(H,41,43);2H,1H3/b9-4+;/t24?,25?,28?,30?,31?,38-,47?;/m0./s1. The van der Waals surface area contributed by atoms with Crippen molar-refractivity contribution in [1.29, 1.82) is 0 Å². The number of nitrogens with zero attached hydrogens (tertiary/aromatic N) is 2. The van der Waals surface area contributed by atoms with Gasteiger partial charge in [-0.1, -0.05) is 42.8 Å². The van der Waals surface area contributed by atoms with E-state index in [4.69, 9.17) is 26.2 Å². The number of aliphatic hydroxyl groups is 1. The van der Waals surface area contributed by atoms with Gasteiger partial charge in [-0.05, 0) is 111 Å². The molecule has 1 fully saturated rings. The maximum absolute atomic E-state index is 13.5. The molecule has 4 aliphatic rings. The van der Waals surface area contributed by atoms with E-state index in [1.54, 1.807) is 19.4 Å². The molecule has 10 heteroatoms. The number of benzene rings is 2. The summed E-state index contributed by atoms with van der Waals surface area (Å²) in [6.07, 6.45) is 12.4. The van der Waals surface area contributed by atoms with Crippen LogP contribution in [0.3, 0.4) is 0 Å². The number of fused-ring (bicyclic) bond motifs is 4. The van der Waals surface area contributed by atoms with E-state index in [2.05, 4.69) is 51.9 Å². The van der Waals surface area contributed by atoms with Gasteiger partial charge in [-0.3, -0.25) is 9.52 Å². The summed E-state index contributed by atoms with van der Waals surface area (Å²) in [6, 6.07) is 16.1. The first kappa shape index (κ1) is 35.4. The Balaban J connectivity index is 0.00000205. The SMILES string of the molecule is CO.COc1ncccc1C1/C=C/CC(C)C(C)S(=O)NC(=O)c2ccc3c(c2)N(CC2CCC21)C[C@@]1(CCCc2cc(Cl)ccc21)CO3. The molecule has 49 heavy (non-hydrogen) atoms. The molecule has 7 rings (SSSR count). The Labute approximate surface area is 297 Å². The Bertz CT molecular complexity index is 1720. The maximum atomic E-state index is 13.5. The molecule has 2 aliphatic carbocycles. The Kier molecular flexibility index (Phi) is 11.0. The van der Waals surface area contributed by atoms with Gasteiger partial charge in [0.05, 0.1) is 24.7 Å². The number of aryl methyl sites for hydroxylation is 1. The third kappa shape index (κ3) is 7.12. The van der Waals surface area contributed by atoms with Gasteiger partial charge in [0.25, 0.3) is 5.91 Å². The first-order valence-corrected chi connectivity index (χ1v) is 19.0. The van der Waals surface area contributed by atoms with Gasteiger partial charge in [0.2, 0.25) is 5.88 Å². The molecule has 7 atom stereocenters. The zero-order valence-electron chi connectivity index (χ0n) is 28.9. The molecule has 262 valence electrons. The summed E-state index contributed by atoms with van der Waals surface area (Å²) in [4.78, 5) is 20.6. The van der Waals surface area contributed by atoms with Crippen LogP contribution in [0.25, 0.3) is 0 Å². The fourth-order valence-electron chi connectivity index (χ4n) is 8.22. The van der Waals surface area contributed by atoms with Crippen molar-refractivity contribution in [3.05, 3.63) is 94.2 Å². The monoisotopic (exact) mass is 705 g/mol. The van der Waals surface area contributed by atoms with E-state index in [0.29, 0.717) is 29.9 Å². The summed E-state index contributed by atoms with van der Waals surface area (Å²) in [5, 5.41) is 7.54. The number of anilines is 1. The Morgan fingerprint density at radius 1 is 1.14 bits per heavy atom. The molecule has 1 spiro atoms. The van der Waals surface area contributed by atoms with Gasteiger partial charge in [0, 0.05) is 53.9 Å². The zero-order valence-corrected chi connectivity index (χ0v) is 30.4. The van der Waals surface area contributed by atoms with Crippen molar-refractivity contribution in [2.75, 3.05) is 38.8 Å². The molecule has 2 N–H and O–H groups in total. The number of hydrogen-bond acceptors (Lipinski definition) is 7. The lowest BCUT2D eigenvalue weighted by atomic mass is 9.64. The van der Waals surface area contributed by atoms with Crippen molar-refractivity contribution in [2.45, 2.75) is 69.0 Å². The molecule has 2 aliphatic heterocycles. The molecule has 2 aromatic carbocycles. The topological polar surface area (TPSA) is 101 Å². The van der Waals surface area contributed by atoms with Crippen LogP contribution in [0.5, 0.6) is 11.6 Å². The highest BCUT2D eigenvalue weighted by Crippen LogP contribution is 2.50. The van der Waals surface area contributed by atoms with E-state index in [0.717, 1.165) is 80.7 Å². The van der Waals surface area contributed by atoms with Crippen LogP contribution in [0.4, 0.5) is 5.69 Å². The molecular formula is C39H48ClN3O5S. The van der Waals surface area contributed by atoms with Crippen molar-refractivity contribution >= 4 is 34.2 Å². The van der Waals surface area contributed by atoms with Crippen LogP contribution in [0.15, 0.2) is 66.9 Å². The molecule has 0 saturated heterocycles. The summed E-state index contributed by atoms with van der Waals surface area (Å²) in [5.41, 5.74) is 4.93. The molecule has 8 nitrogen and oxygen atoms in total. The Hall–Kier alpha value is -3.40. The van der Waals surface area contributed by atoms with Crippen LogP contribution in [-0.2, 0) is 22.8 Å². The fourth-order valence-corrected chi connectivity index (χ4v) is 9.44. The number of nitrogens with one attached hydrogen (secondary N) is 1. The number of hydrogen-bond donors (Lipinski definition) is 2. The van der Waals surface area contributed by atoms with Crippen molar-refractivity contribution in [2.24, 2.45) is 17.8 Å². The lowest BCUT2D eigenvalue weighted by molar-refractivity contribution is 0.0982. The Morgan fingerprint density at radius 3 is 2.76 bits per heavy atom. The lowest BCUT2D eigenvalue weighted by Crippen LogP contribution is -2.49. The quantitative estimate of drug-likeness (QED) is 0.277. The maximum Gasteiger partial charge on any atom is 0.263 e. The second-order valence-electron chi connectivity index (χ2n) is 14.0. The highest BCUT2D eigenvalue weighted by molar-refractivity contribution is 7.84. The van der Waals surface area contributed by atoms with Crippen molar-refractivity contribution in [3.63, 3.8) is 0 Å². The number of halogens is 1. The number of carbonyl (C=O) groups is 1. The highest BCUT2D eigenvalue weighted by Gasteiger charge is 2.45. The molecule has 2 bridgehead atoms. The molecular weight excluding hydrogens is 658 g/mol. The van der Waals surface area contributed by atoms with Crippen LogP contribution < -0.4 is 19.1 Å². The smallest absolute Gasteiger partial charge is 0.263 e. The van der Waals surface area contributed by atoms with Crippen LogP contribution in [0, 0.1) is 17.8 Å². The van der Waals surface area contributed by atoms with Gasteiger partial charge >= 0.3 is 0 Å². The number of rotatable bonds is 2. The summed E-state index contributed by atoms with van der Waals surface area (Å²) >= 11 is 6.47. The first-order valence-electron chi connectivity index (χ1n) is 17.4. The molecule has 3 heterocycles. The van der Waals surface area contributed by atoms with E-state index >= 15 is 0 Å². The second-order valence-corrected chi connectivity index (χ2v) is 16.0. The predicted molar refractivity (Wildman–Crippen MR) is 196 cm³/mol. The predicted octanol–water partition coefficient (Wildman–Crippen LogP) is 7.01. The first-order chi connectivity index (χ1) is 23.8. The summed E-state index contributed by atoms with van der Waals surface area (Å²) in [6.45, 7) is 6.22. The van der Waals surface area contributed by atoms with Gasteiger partial charge < -0.3 is 19.5 Å². The minimum Gasteiger partial charge on any atom is -0.490 e. The van der Waals surface area contributed by atoms with Crippen LogP contribution in [0.1, 0.15) is 78.9 Å². The fraction of sp³-hybridized carbons (Fsp3) is 0.487. The third-order valence-electron chi connectivity index (χ3n) is 11.2. The minimum absolute atomic E-state index is 0.106. The Morgan fingerprint density at radius 2 is 1.98 bits per heavy atom. The molecule has 1 saturated carbocycles. The van der Waals surface area contributed by atoms with Gasteiger partial charge in [0.1, 0.15) is 16.7 Å². The second kappa shape index (κ2) is 15.2. The molecule has 6 unspecified atom stereocenters. The number of aliphatic hydroxyl groups excluding tert-OH is 1. The van der Waals surface area contributed by atoms with E-state index in [-0.39, 0.29) is 28.4 Å². The van der Waals surface area contributed by atoms with Gasteiger partial charge in [0.15, 0.2) is 0 Å². The molecule has 0 radical (unpaired) electrons. The summed E-state index contributed by atoms with van der Waals surface area (Å²) in [5.74, 6) is 2.18. The van der Waals surface area contributed by atoms with Crippen LogP contribution in [0.2, 0.25) is 5.02 Å². The number of ether oxygens (including phenoxy) is 2. The zero-order chi connectivity index (χ0) is 34.7. The lowest BCUT2D eigenvalue weighted by Gasteiger charge is -2.46. The summed E-state index contributed by atoms with van der Waals surface area (Å²) < 4.78 is 28.6. The van der Waals surface area contributed by atoms with Gasteiger partial charge in [-0.15, -0.1) is 0 Å². The van der Waals surface area contributed by atoms with Crippen molar-refractivity contribution < 1.29 is 23.6 Å². The third-order valence-corrected chi connectivity index (χ3v) is 13.0. The number of allylic oxidation sites excluding steroid dienone is 2. The van der Waals surface area contributed by atoms with Crippen LogP contribution >= 0.6 is 11.6 Å².